The standard InChI is InChI=1S/C6H10O4/c1-9-6(8)4-2-10-3-5(4)7/h4-5,7H,2-3H2,1H3/t4-,5+/m0/s1. The Morgan fingerprint density at radius 1 is 1.70 bits per heavy atom. The average molecular weight is 146 g/mol. The van der Waals surface area contributed by atoms with Gasteiger partial charge >= 0.3 is 5.97 Å². The fourth-order valence-electron chi connectivity index (χ4n) is 0.919. The monoisotopic (exact) mass is 146 g/mol. The van der Waals surface area contributed by atoms with E-state index >= 15 is 0 Å². The number of methoxy groups -OCH3 is 1. The number of carbonyl (C=O) groups is 1. The molecule has 0 unspecified atom stereocenters. The fraction of sp³-hybridized carbons (Fsp3) is 0.833. The first-order chi connectivity index (χ1) is 4.75. The molecule has 2 atom stereocenters. The van der Waals surface area contributed by atoms with E-state index < -0.39 is 18.0 Å². The number of carbonyl (C=O) groups excluding carboxylic acids is 1. The summed E-state index contributed by atoms with van der Waals surface area (Å²) in [5, 5.41) is 9.06. The maximum absolute atomic E-state index is 10.8. The Balaban J connectivity index is 2.46. The lowest BCUT2D eigenvalue weighted by molar-refractivity contribution is -0.147. The number of aliphatic hydroxyl groups is 1. The first kappa shape index (κ1) is 7.50. The van der Waals surface area contributed by atoms with Crippen molar-refractivity contribution in [1.29, 1.82) is 0 Å². The van der Waals surface area contributed by atoms with Crippen molar-refractivity contribution in [2.24, 2.45) is 5.92 Å². The molecule has 0 aliphatic carbocycles. The number of rotatable bonds is 1. The average Bonchev–Trinajstić information content (AvgIpc) is 2.34. The van der Waals surface area contributed by atoms with E-state index in [1.165, 1.54) is 7.11 Å². The number of aliphatic hydroxyl groups excluding tert-OH is 1. The van der Waals surface area contributed by atoms with Crippen molar-refractivity contribution in [2.75, 3.05) is 20.3 Å². The van der Waals surface area contributed by atoms with Crippen molar-refractivity contribution >= 4 is 5.97 Å². The Morgan fingerprint density at radius 3 is 2.80 bits per heavy atom. The van der Waals surface area contributed by atoms with E-state index in [4.69, 9.17) is 9.84 Å². The molecule has 4 heteroatoms. The van der Waals surface area contributed by atoms with Gasteiger partial charge in [-0.2, -0.15) is 0 Å². The quantitative estimate of drug-likeness (QED) is 0.490. The Kier molecular flexibility index (Phi) is 2.24. The van der Waals surface area contributed by atoms with Gasteiger partial charge in [0.1, 0.15) is 5.92 Å². The molecule has 0 aromatic heterocycles. The summed E-state index contributed by atoms with van der Waals surface area (Å²) in [6.45, 7) is 0.508. The summed E-state index contributed by atoms with van der Waals surface area (Å²) < 4.78 is 9.27. The second-order valence-electron chi connectivity index (χ2n) is 2.23. The first-order valence-electron chi connectivity index (χ1n) is 3.09. The molecule has 0 spiro atoms. The molecule has 0 bridgehead atoms. The highest BCUT2D eigenvalue weighted by Gasteiger charge is 2.33. The molecule has 1 heterocycles. The third-order valence-corrected chi connectivity index (χ3v) is 1.55. The third kappa shape index (κ3) is 1.27. The fourth-order valence-corrected chi connectivity index (χ4v) is 0.919. The molecule has 0 amide bonds. The van der Waals surface area contributed by atoms with Crippen molar-refractivity contribution < 1.29 is 19.4 Å². The molecular formula is C6H10O4. The van der Waals surface area contributed by atoms with Crippen LogP contribution in [0.25, 0.3) is 0 Å². The van der Waals surface area contributed by atoms with Gasteiger partial charge in [-0.15, -0.1) is 0 Å². The summed E-state index contributed by atoms with van der Waals surface area (Å²) in [5.74, 6) is -0.880. The minimum absolute atomic E-state index is 0.236. The van der Waals surface area contributed by atoms with Gasteiger partial charge in [0.2, 0.25) is 0 Å². The maximum Gasteiger partial charge on any atom is 0.313 e. The SMILES string of the molecule is COC(=O)[C@H]1COC[C@H]1O. The Labute approximate surface area is 58.7 Å². The summed E-state index contributed by atoms with van der Waals surface area (Å²) in [7, 11) is 1.30. The molecule has 1 aliphatic rings. The highest BCUT2D eigenvalue weighted by atomic mass is 16.5. The Bertz CT molecular complexity index is 134. The van der Waals surface area contributed by atoms with Crippen molar-refractivity contribution in [3.63, 3.8) is 0 Å². The third-order valence-electron chi connectivity index (χ3n) is 1.55. The molecule has 1 fully saturated rings. The van der Waals surface area contributed by atoms with Gasteiger partial charge in [0.15, 0.2) is 0 Å². The van der Waals surface area contributed by atoms with Crippen LogP contribution in [0.4, 0.5) is 0 Å². The van der Waals surface area contributed by atoms with Gasteiger partial charge < -0.3 is 14.6 Å². The van der Waals surface area contributed by atoms with Gasteiger partial charge in [-0.3, -0.25) is 4.79 Å². The minimum atomic E-state index is -0.688. The van der Waals surface area contributed by atoms with Gasteiger partial charge in [0, 0.05) is 0 Å². The lowest BCUT2D eigenvalue weighted by Gasteiger charge is -2.07. The second kappa shape index (κ2) is 2.98. The van der Waals surface area contributed by atoms with Gasteiger partial charge in [-0.05, 0) is 0 Å². The molecule has 10 heavy (non-hydrogen) atoms. The molecular weight excluding hydrogens is 136 g/mol. The van der Waals surface area contributed by atoms with Crippen LogP contribution in [0.3, 0.4) is 0 Å². The number of hydrogen-bond acceptors (Lipinski definition) is 4. The van der Waals surface area contributed by atoms with Gasteiger partial charge in [0.25, 0.3) is 0 Å². The molecule has 0 radical (unpaired) electrons. The van der Waals surface area contributed by atoms with Crippen LogP contribution >= 0.6 is 0 Å². The molecule has 1 saturated heterocycles. The molecule has 1 aliphatic heterocycles. The van der Waals surface area contributed by atoms with Crippen LogP contribution in [-0.4, -0.2) is 37.5 Å². The summed E-state index contributed by atoms with van der Waals surface area (Å²) in [6.07, 6.45) is -0.688. The number of hydrogen-bond donors (Lipinski definition) is 1. The summed E-state index contributed by atoms with van der Waals surface area (Å²) in [4.78, 5) is 10.8. The first-order valence-corrected chi connectivity index (χ1v) is 3.09. The molecule has 0 saturated carbocycles. The van der Waals surface area contributed by atoms with Gasteiger partial charge in [-0.25, -0.2) is 0 Å². The normalized spacial score (nSPS) is 32.2. The van der Waals surface area contributed by atoms with E-state index in [1.807, 2.05) is 0 Å². The molecule has 4 nitrogen and oxygen atoms in total. The molecule has 1 N–H and O–H groups in total. The molecule has 1 rings (SSSR count). The van der Waals surface area contributed by atoms with E-state index in [-0.39, 0.29) is 13.2 Å². The van der Waals surface area contributed by atoms with E-state index in [9.17, 15) is 4.79 Å². The van der Waals surface area contributed by atoms with E-state index in [2.05, 4.69) is 4.74 Å². The van der Waals surface area contributed by atoms with Crippen LogP contribution in [0.5, 0.6) is 0 Å². The van der Waals surface area contributed by atoms with Crippen LogP contribution in [0, 0.1) is 5.92 Å². The predicted octanol–water partition coefficient (Wildman–Crippen LogP) is -0.833. The largest absolute Gasteiger partial charge is 0.469 e. The van der Waals surface area contributed by atoms with Crippen LogP contribution in [0.15, 0.2) is 0 Å². The molecule has 0 aromatic carbocycles. The highest BCUT2D eigenvalue weighted by Crippen LogP contribution is 2.14. The molecule has 58 valence electrons. The zero-order valence-corrected chi connectivity index (χ0v) is 5.74. The minimum Gasteiger partial charge on any atom is -0.469 e. The zero-order valence-electron chi connectivity index (χ0n) is 5.74. The van der Waals surface area contributed by atoms with Crippen molar-refractivity contribution in [1.82, 2.24) is 0 Å². The van der Waals surface area contributed by atoms with Crippen molar-refractivity contribution in [3.05, 3.63) is 0 Å². The number of ether oxygens (including phenoxy) is 2. The number of esters is 1. The Morgan fingerprint density at radius 2 is 2.40 bits per heavy atom. The zero-order chi connectivity index (χ0) is 7.56. The van der Waals surface area contributed by atoms with Gasteiger partial charge in [0.05, 0.1) is 26.4 Å². The Hall–Kier alpha value is -0.610. The van der Waals surface area contributed by atoms with Crippen LogP contribution in [0.2, 0.25) is 0 Å². The van der Waals surface area contributed by atoms with Crippen LogP contribution in [-0.2, 0) is 14.3 Å². The van der Waals surface area contributed by atoms with Crippen LogP contribution < -0.4 is 0 Å². The topological polar surface area (TPSA) is 55.8 Å². The predicted molar refractivity (Wildman–Crippen MR) is 32.3 cm³/mol. The summed E-state index contributed by atoms with van der Waals surface area (Å²) in [5.41, 5.74) is 0. The lowest BCUT2D eigenvalue weighted by atomic mass is 10.1. The van der Waals surface area contributed by atoms with Crippen molar-refractivity contribution in [2.45, 2.75) is 6.10 Å². The summed E-state index contributed by atoms with van der Waals surface area (Å²) in [6, 6.07) is 0. The van der Waals surface area contributed by atoms with E-state index in [0.29, 0.717) is 0 Å². The van der Waals surface area contributed by atoms with Crippen LogP contribution in [0.1, 0.15) is 0 Å². The highest BCUT2D eigenvalue weighted by molar-refractivity contribution is 5.73. The van der Waals surface area contributed by atoms with Crippen molar-refractivity contribution in [3.8, 4) is 0 Å². The van der Waals surface area contributed by atoms with E-state index in [0.717, 1.165) is 0 Å². The molecule has 0 aromatic rings. The lowest BCUT2D eigenvalue weighted by Crippen LogP contribution is -2.27. The maximum atomic E-state index is 10.8. The van der Waals surface area contributed by atoms with Gasteiger partial charge in [-0.1, -0.05) is 0 Å². The smallest absolute Gasteiger partial charge is 0.313 e. The second-order valence-corrected chi connectivity index (χ2v) is 2.23. The summed E-state index contributed by atoms with van der Waals surface area (Å²) >= 11 is 0. The van der Waals surface area contributed by atoms with E-state index in [1.54, 1.807) is 0 Å².